The number of halogens is 1. The van der Waals surface area contributed by atoms with E-state index in [9.17, 15) is 0 Å². The van der Waals surface area contributed by atoms with Crippen molar-refractivity contribution in [2.24, 2.45) is 0 Å². The third kappa shape index (κ3) is 1.92. The summed E-state index contributed by atoms with van der Waals surface area (Å²) in [5, 5.41) is 0.476. The molecule has 5 aromatic rings. The first-order chi connectivity index (χ1) is 14.7. The lowest BCUT2D eigenvalue weighted by molar-refractivity contribution is 0.670. The van der Waals surface area contributed by atoms with Crippen molar-refractivity contribution in [2.45, 2.75) is 0 Å². The van der Waals surface area contributed by atoms with Crippen LogP contribution in [0.15, 0.2) is 71.0 Å². The summed E-state index contributed by atoms with van der Waals surface area (Å²) in [6.07, 6.45) is 0. The lowest BCUT2D eigenvalue weighted by Crippen LogP contribution is -1.91. The molecule has 114 valence electrons. The van der Waals surface area contributed by atoms with Crippen molar-refractivity contribution in [2.75, 3.05) is 0 Å². The van der Waals surface area contributed by atoms with Gasteiger partial charge in [0.1, 0.15) is 11.2 Å². The Morgan fingerprint density at radius 1 is 0.875 bits per heavy atom. The van der Waals surface area contributed by atoms with E-state index in [4.69, 9.17) is 25.6 Å². The zero-order valence-corrected chi connectivity index (χ0v) is 12.7. The second-order valence-corrected chi connectivity index (χ2v) is 5.46. The Morgan fingerprint density at radius 2 is 1.71 bits per heavy atom. The minimum absolute atomic E-state index is 0.00907. The van der Waals surface area contributed by atoms with Crippen LogP contribution < -0.4 is 0 Å². The molecule has 0 saturated carbocycles. The maximum atomic E-state index is 8.53. The fraction of sp³-hybridized carbons (Fsp3) is 0. The molecule has 0 atom stereocenters. The lowest BCUT2D eigenvalue weighted by atomic mass is 10.0. The molecule has 2 heterocycles. The third-order valence-electron chi connectivity index (χ3n) is 3.75. The van der Waals surface area contributed by atoms with Crippen molar-refractivity contribution in [3.8, 4) is 11.3 Å². The zero-order chi connectivity index (χ0) is 22.2. The van der Waals surface area contributed by atoms with Crippen LogP contribution in [0.3, 0.4) is 0 Å². The normalized spacial score (nSPS) is 15.6. The van der Waals surface area contributed by atoms with Crippen molar-refractivity contribution >= 4 is 44.4 Å². The second-order valence-electron chi connectivity index (χ2n) is 5.12. The van der Waals surface area contributed by atoms with Gasteiger partial charge < -0.3 is 4.42 Å². The minimum Gasteiger partial charge on any atom is -0.455 e. The summed E-state index contributed by atoms with van der Waals surface area (Å²) in [5.74, 6) is 0. The number of aromatic nitrogens is 2. The van der Waals surface area contributed by atoms with Gasteiger partial charge in [-0.1, -0.05) is 48.4 Å². The molecule has 0 unspecified atom stereocenters. The van der Waals surface area contributed by atoms with Crippen LogP contribution in [0.4, 0.5) is 0 Å². The van der Waals surface area contributed by atoms with Crippen molar-refractivity contribution in [3.63, 3.8) is 0 Å². The average molecular weight is 338 g/mol. The number of nitrogens with zero attached hydrogens (tertiary/aromatic N) is 2. The van der Waals surface area contributed by atoms with E-state index in [1.807, 2.05) is 0 Å². The number of rotatable bonds is 1. The van der Waals surface area contributed by atoms with Crippen LogP contribution in [0.2, 0.25) is 5.28 Å². The molecule has 0 aliphatic heterocycles. The molecular weight excluding hydrogens is 320 g/mol. The minimum atomic E-state index is -0.475. The van der Waals surface area contributed by atoms with E-state index in [2.05, 4.69) is 9.97 Å². The molecule has 0 aliphatic rings. The van der Waals surface area contributed by atoms with E-state index in [-0.39, 0.29) is 56.6 Å². The van der Waals surface area contributed by atoms with Gasteiger partial charge in [-0.3, -0.25) is 0 Å². The zero-order valence-electron chi connectivity index (χ0n) is 19.0. The first-order valence-corrected chi connectivity index (χ1v) is 7.45. The van der Waals surface area contributed by atoms with Gasteiger partial charge in [-0.05, 0) is 29.8 Å². The Morgan fingerprint density at radius 3 is 2.67 bits per heavy atom. The van der Waals surface area contributed by atoms with Crippen LogP contribution in [-0.4, -0.2) is 9.97 Å². The van der Waals surface area contributed by atoms with Crippen molar-refractivity contribution in [1.29, 1.82) is 0 Å². The first kappa shape index (κ1) is 8.27. The average Bonchev–Trinajstić information content (AvgIpc) is 3.15. The summed E-state index contributed by atoms with van der Waals surface area (Å²) in [6, 6.07) is 4.12. The molecule has 2 aromatic heterocycles. The Kier molecular flexibility index (Phi) is 1.74. The Bertz CT molecular complexity index is 1580. The molecule has 24 heavy (non-hydrogen) atoms. The molecule has 0 saturated heterocycles. The maximum absolute atomic E-state index is 8.53. The Labute approximate surface area is 152 Å². The molecule has 0 fully saturated rings. The SMILES string of the molecule is [2H]c1c([2H])c([2H])c2c(oc3c(-c4nc(Cl)nc5ccccc45)c([2H])c([2H])c([2H])c32)c1[2H]. The highest BCUT2D eigenvalue weighted by Crippen LogP contribution is 2.37. The molecular formula is C20H11ClN2O. The molecule has 0 radical (unpaired) electrons. The quantitative estimate of drug-likeness (QED) is 0.360. The van der Waals surface area contributed by atoms with Crippen molar-refractivity contribution in [3.05, 3.63) is 71.8 Å². The summed E-state index contributed by atoms with van der Waals surface area (Å²) < 4.78 is 63.5. The van der Waals surface area contributed by atoms with Crippen LogP contribution in [0.25, 0.3) is 44.1 Å². The molecule has 3 aromatic carbocycles. The van der Waals surface area contributed by atoms with Gasteiger partial charge in [0.2, 0.25) is 5.28 Å². The topological polar surface area (TPSA) is 38.9 Å². The van der Waals surface area contributed by atoms with Gasteiger partial charge in [-0.15, -0.1) is 0 Å². The van der Waals surface area contributed by atoms with Crippen LogP contribution in [-0.2, 0) is 0 Å². The van der Waals surface area contributed by atoms with Crippen LogP contribution >= 0.6 is 11.6 Å². The van der Waals surface area contributed by atoms with Crippen LogP contribution in [0.1, 0.15) is 9.60 Å². The first-order valence-electron chi connectivity index (χ1n) is 10.6. The molecule has 0 amide bonds. The summed E-state index contributed by atoms with van der Waals surface area (Å²) in [6.45, 7) is 0. The third-order valence-corrected chi connectivity index (χ3v) is 3.92. The van der Waals surface area contributed by atoms with E-state index in [0.29, 0.717) is 10.9 Å². The molecule has 0 N–H and O–H groups in total. The molecule has 0 bridgehead atoms. The van der Waals surface area contributed by atoms with Gasteiger partial charge in [-0.25, -0.2) is 9.97 Å². The van der Waals surface area contributed by atoms with Gasteiger partial charge in [0.25, 0.3) is 0 Å². The summed E-state index contributed by atoms with van der Waals surface area (Å²) in [4.78, 5) is 8.44. The Hall–Kier alpha value is -2.91. The smallest absolute Gasteiger partial charge is 0.223 e. The highest BCUT2D eigenvalue weighted by Gasteiger charge is 2.15. The molecule has 0 aliphatic carbocycles. The number of para-hydroxylation sites is 3. The largest absolute Gasteiger partial charge is 0.455 e. The van der Waals surface area contributed by atoms with E-state index in [1.54, 1.807) is 24.3 Å². The molecule has 4 heteroatoms. The molecule has 5 rings (SSSR count). The maximum Gasteiger partial charge on any atom is 0.223 e. The van der Waals surface area contributed by atoms with Gasteiger partial charge in [-0.2, -0.15) is 0 Å². The predicted octanol–water partition coefficient (Wildman–Crippen LogP) is 5.85. The number of hydrogen-bond acceptors (Lipinski definition) is 3. The van der Waals surface area contributed by atoms with Crippen molar-refractivity contribution < 1.29 is 14.0 Å². The summed E-state index contributed by atoms with van der Waals surface area (Å²) in [7, 11) is 0. The van der Waals surface area contributed by atoms with E-state index in [1.165, 1.54) is 0 Å². The highest BCUT2D eigenvalue weighted by atomic mass is 35.5. The van der Waals surface area contributed by atoms with Gasteiger partial charge in [0.15, 0.2) is 0 Å². The lowest BCUT2D eigenvalue weighted by Gasteiger charge is -2.06. The summed E-state index contributed by atoms with van der Waals surface area (Å²) in [5.41, 5.74) is 0.628. The fourth-order valence-corrected chi connectivity index (χ4v) is 2.91. The highest BCUT2D eigenvalue weighted by molar-refractivity contribution is 6.29. The molecule has 3 nitrogen and oxygen atoms in total. The predicted molar refractivity (Wildman–Crippen MR) is 97.3 cm³/mol. The number of hydrogen-bond donors (Lipinski definition) is 0. The van der Waals surface area contributed by atoms with E-state index < -0.39 is 24.2 Å². The van der Waals surface area contributed by atoms with E-state index in [0.717, 1.165) is 0 Å². The van der Waals surface area contributed by atoms with Crippen LogP contribution in [0, 0.1) is 0 Å². The fourth-order valence-electron chi connectivity index (χ4n) is 2.73. The number of furan rings is 1. The van der Waals surface area contributed by atoms with E-state index >= 15 is 0 Å². The van der Waals surface area contributed by atoms with Gasteiger partial charge in [0.05, 0.1) is 20.8 Å². The van der Waals surface area contributed by atoms with Crippen molar-refractivity contribution in [1.82, 2.24) is 9.97 Å². The monoisotopic (exact) mass is 337 g/mol. The summed E-state index contributed by atoms with van der Waals surface area (Å²) >= 11 is 6.11. The Balaban J connectivity index is 2.08. The number of benzene rings is 3. The standard InChI is InChI=1S/C20H11ClN2O/c21-20-22-16-10-3-1-7-14(16)18(23-20)15-9-5-8-13-12-6-2-4-11-17(12)24-19(13)15/h1-11H/i2D,4D,5D,6D,8D,9D,11D. The van der Waals surface area contributed by atoms with Gasteiger partial charge in [0, 0.05) is 21.7 Å². The van der Waals surface area contributed by atoms with Crippen LogP contribution in [0.5, 0.6) is 0 Å². The van der Waals surface area contributed by atoms with Gasteiger partial charge >= 0.3 is 0 Å². The molecule has 0 spiro atoms. The second kappa shape index (κ2) is 5.05. The number of fused-ring (bicyclic) bond motifs is 4.